The molecule has 0 aliphatic heterocycles. The molecule has 2 nitrogen and oxygen atoms in total. The van der Waals surface area contributed by atoms with Gasteiger partial charge in [0.15, 0.2) is 5.78 Å². The Labute approximate surface area is 108 Å². The van der Waals surface area contributed by atoms with Gasteiger partial charge in [-0.15, -0.1) is 0 Å². The first-order chi connectivity index (χ1) is 8.63. The lowest BCUT2D eigenvalue weighted by Gasteiger charge is -2.36. The van der Waals surface area contributed by atoms with E-state index in [0.29, 0.717) is 12.3 Å². The van der Waals surface area contributed by atoms with Crippen LogP contribution < -0.4 is 0 Å². The third-order valence-electron chi connectivity index (χ3n) is 4.57. The molecular formula is C16H20O2. The molecule has 1 aromatic rings. The van der Waals surface area contributed by atoms with Crippen molar-refractivity contribution in [1.29, 1.82) is 0 Å². The zero-order valence-electron chi connectivity index (χ0n) is 10.9. The van der Waals surface area contributed by atoms with E-state index >= 15 is 0 Å². The Kier molecular flexibility index (Phi) is 2.78. The zero-order chi connectivity index (χ0) is 12.8. The van der Waals surface area contributed by atoms with Crippen LogP contribution in [0.4, 0.5) is 0 Å². The van der Waals surface area contributed by atoms with E-state index < -0.39 is 11.5 Å². The van der Waals surface area contributed by atoms with Gasteiger partial charge >= 0.3 is 0 Å². The van der Waals surface area contributed by atoms with Crippen LogP contribution in [0.3, 0.4) is 0 Å². The van der Waals surface area contributed by atoms with Crippen molar-refractivity contribution in [3.8, 4) is 0 Å². The molecule has 96 valence electrons. The molecule has 0 saturated heterocycles. The van der Waals surface area contributed by atoms with Crippen molar-refractivity contribution < 1.29 is 9.90 Å². The molecule has 0 bridgehead atoms. The Morgan fingerprint density at radius 2 is 1.94 bits per heavy atom. The third kappa shape index (κ3) is 1.79. The first kappa shape index (κ1) is 11.9. The topological polar surface area (TPSA) is 37.3 Å². The predicted molar refractivity (Wildman–Crippen MR) is 70.6 cm³/mol. The average molecular weight is 244 g/mol. The number of Topliss-reactive ketones (excluding diaryl/α,β-unsaturated/α-hetero) is 1. The highest BCUT2D eigenvalue weighted by atomic mass is 16.3. The van der Waals surface area contributed by atoms with Crippen LogP contribution in [-0.4, -0.2) is 17.0 Å². The number of ketones is 1. The van der Waals surface area contributed by atoms with Crippen LogP contribution >= 0.6 is 0 Å². The lowest BCUT2D eigenvalue weighted by atomic mass is 9.67. The summed E-state index contributed by atoms with van der Waals surface area (Å²) >= 11 is 0. The molecule has 2 fully saturated rings. The summed E-state index contributed by atoms with van der Waals surface area (Å²) in [6.07, 6.45) is 4.14. The number of carbonyl (C=O) groups is 1. The van der Waals surface area contributed by atoms with Crippen molar-refractivity contribution in [3.05, 3.63) is 35.4 Å². The van der Waals surface area contributed by atoms with Crippen LogP contribution in [0, 0.1) is 0 Å². The average Bonchev–Trinajstić information content (AvgIpc) is 3.20. The molecule has 2 heteroatoms. The molecule has 0 spiro atoms. The van der Waals surface area contributed by atoms with E-state index in [0.717, 1.165) is 18.4 Å². The second-order valence-electron chi connectivity index (χ2n) is 5.97. The van der Waals surface area contributed by atoms with Crippen molar-refractivity contribution in [2.45, 2.75) is 56.5 Å². The predicted octanol–water partition coefficient (Wildman–Crippen LogP) is 2.94. The van der Waals surface area contributed by atoms with Crippen molar-refractivity contribution >= 4 is 5.78 Å². The number of carbonyl (C=O) groups excluding carboxylic acids is 1. The summed E-state index contributed by atoms with van der Waals surface area (Å²) in [5, 5.41) is 9.87. The molecule has 2 saturated carbocycles. The Balaban J connectivity index is 2.05. The second kappa shape index (κ2) is 4.20. The van der Waals surface area contributed by atoms with Crippen LogP contribution in [0.2, 0.25) is 0 Å². The van der Waals surface area contributed by atoms with E-state index in [1.807, 2.05) is 13.0 Å². The lowest BCUT2D eigenvalue weighted by molar-refractivity contribution is -0.135. The molecule has 2 aliphatic rings. The van der Waals surface area contributed by atoms with E-state index in [-0.39, 0.29) is 5.78 Å². The minimum atomic E-state index is -0.768. The molecule has 0 aromatic heterocycles. The van der Waals surface area contributed by atoms with Gasteiger partial charge in [0, 0.05) is 0 Å². The van der Waals surface area contributed by atoms with E-state index in [1.54, 1.807) is 0 Å². The van der Waals surface area contributed by atoms with Crippen LogP contribution in [0.5, 0.6) is 0 Å². The summed E-state index contributed by atoms with van der Waals surface area (Å²) in [7, 11) is 0. The number of benzene rings is 1. The van der Waals surface area contributed by atoms with Gasteiger partial charge in [-0.25, -0.2) is 0 Å². The minimum Gasteiger partial charge on any atom is -0.385 e. The Morgan fingerprint density at radius 1 is 1.22 bits per heavy atom. The summed E-state index contributed by atoms with van der Waals surface area (Å²) in [6, 6.07) is 8.32. The van der Waals surface area contributed by atoms with Crippen molar-refractivity contribution in [1.82, 2.24) is 0 Å². The Bertz CT molecular complexity index is 476. The molecular weight excluding hydrogens is 224 g/mol. The van der Waals surface area contributed by atoms with Crippen LogP contribution in [0.1, 0.15) is 56.1 Å². The number of aliphatic hydroxyl groups excluding tert-OH is 1. The van der Waals surface area contributed by atoms with E-state index in [9.17, 15) is 9.90 Å². The maximum absolute atomic E-state index is 12.4. The van der Waals surface area contributed by atoms with E-state index in [4.69, 9.17) is 0 Å². The van der Waals surface area contributed by atoms with Gasteiger partial charge in [-0.1, -0.05) is 24.3 Å². The standard InChI is InChI=1S/C16H20O2/c1-16(10-4-7-14(17)15(16)18)13-6-3-2-5-12(13)11-8-9-11/h2-3,5-6,11,14,17H,4,7-10H2,1H3/t14-,16+/m1/s1. The molecule has 0 heterocycles. The van der Waals surface area contributed by atoms with Gasteiger partial charge in [0.25, 0.3) is 0 Å². The van der Waals surface area contributed by atoms with Gasteiger partial charge in [0.05, 0.1) is 5.41 Å². The van der Waals surface area contributed by atoms with Gasteiger partial charge in [0.1, 0.15) is 6.10 Å². The fourth-order valence-corrected chi connectivity index (χ4v) is 3.29. The summed E-state index contributed by atoms with van der Waals surface area (Å²) in [5.41, 5.74) is 2.02. The second-order valence-corrected chi connectivity index (χ2v) is 5.97. The number of hydrogen-bond acceptors (Lipinski definition) is 2. The van der Waals surface area contributed by atoms with Gasteiger partial charge in [-0.3, -0.25) is 4.79 Å². The summed E-state index contributed by atoms with van der Waals surface area (Å²) in [4.78, 5) is 12.4. The summed E-state index contributed by atoms with van der Waals surface area (Å²) in [6.45, 7) is 2.01. The number of rotatable bonds is 2. The quantitative estimate of drug-likeness (QED) is 0.868. The van der Waals surface area contributed by atoms with Crippen LogP contribution in [-0.2, 0) is 10.2 Å². The monoisotopic (exact) mass is 244 g/mol. The summed E-state index contributed by atoms with van der Waals surface area (Å²) in [5.74, 6) is 0.659. The first-order valence-corrected chi connectivity index (χ1v) is 6.95. The first-order valence-electron chi connectivity index (χ1n) is 6.95. The van der Waals surface area contributed by atoms with Gasteiger partial charge < -0.3 is 5.11 Å². The number of hydrogen-bond donors (Lipinski definition) is 1. The van der Waals surface area contributed by atoms with Gasteiger partial charge in [0.2, 0.25) is 0 Å². The van der Waals surface area contributed by atoms with Gasteiger partial charge in [-0.05, 0) is 56.1 Å². The molecule has 2 aliphatic carbocycles. The molecule has 0 unspecified atom stereocenters. The molecule has 2 atom stereocenters. The normalized spacial score (nSPS) is 32.6. The minimum absolute atomic E-state index is 0.0156. The largest absolute Gasteiger partial charge is 0.385 e. The fourth-order valence-electron chi connectivity index (χ4n) is 3.29. The molecule has 0 radical (unpaired) electrons. The maximum Gasteiger partial charge on any atom is 0.171 e. The highest BCUT2D eigenvalue weighted by molar-refractivity contribution is 5.94. The highest BCUT2D eigenvalue weighted by Crippen LogP contribution is 2.47. The zero-order valence-corrected chi connectivity index (χ0v) is 10.9. The SMILES string of the molecule is C[C@@]1(c2ccccc2C2CC2)CCC[C@@H](O)C1=O. The molecule has 3 rings (SSSR count). The van der Waals surface area contributed by atoms with Crippen molar-refractivity contribution in [2.24, 2.45) is 0 Å². The smallest absolute Gasteiger partial charge is 0.171 e. The maximum atomic E-state index is 12.4. The Morgan fingerprint density at radius 3 is 2.67 bits per heavy atom. The van der Waals surface area contributed by atoms with Crippen LogP contribution in [0.25, 0.3) is 0 Å². The van der Waals surface area contributed by atoms with Crippen LogP contribution in [0.15, 0.2) is 24.3 Å². The molecule has 1 aromatic carbocycles. The number of aliphatic hydroxyl groups is 1. The highest BCUT2D eigenvalue weighted by Gasteiger charge is 2.44. The van der Waals surface area contributed by atoms with E-state index in [2.05, 4.69) is 18.2 Å². The van der Waals surface area contributed by atoms with Gasteiger partial charge in [-0.2, -0.15) is 0 Å². The molecule has 18 heavy (non-hydrogen) atoms. The van der Waals surface area contributed by atoms with E-state index in [1.165, 1.54) is 18.4 Å². The Hall–Kier alpha value is -1.15. The fraction of sp³-hybridized carbons (Fsp3) is 0.562. The van der Waals surface area contributed by atoms with Crippen molar-refractivity contribution in [2.75, 3.05) is 0 Å². The third-order valence-corrected chi connectivity index (χ3v) is 4.57. The van der Waals surface area contributed by atoms with Crippen molar-refractivity contribution in [3.63, 3.8) is 0 Å². The molecule has 1 N–H and O–H groups in total. The molecule has 0 amide bonds. The summed E-state index contributed by atoms with van der Waals surface area (Å²) < 4.78 is 0. The lowest BCUT2D eigenvalue weighted by Crippen LogP contribution is -2.44.